The summed E-state index contributed by atoms with van der Waals surface area (Å²) in [4.78, 5) is 12.0. The minimum Gasteiger partial charge on any atom is -0.312 e. The maximum atomic E-state index is 8.08. The van der Waals surface area contributed by atoms with Crippen LogP contribution in [0, 0.1) is 19.7 Å². The highest BCUT2D eigenvalue weighted by Gasteiger charge is 2.49. The third-order valence-corrected chi connectivity index (χ3v) is 22.4. The van der Waals surface area contributed by atoms with Crippen LogP contribution in [0.2, 0.25) is 0 Å². The van der Waals surface area contributed by atoms with Gasteiger partial charge in [0.1, 0.15) is 0 Å². The predicted molar refractivity (Wildman–Crippen MR) is 391 cm³/mol. The number of rotatable bonds is 0. The van der Waals surface area contributed by atoms with Crippen molar-refractivity contribution in [2.45, 2.75) is 57.8 Å². The van der Waals surface area contributed by atoms with Crippen LogP contribution in [0.3, 0.4) is 0 Å². The van der Waals surface area contributed by atoms with Gasteiger partial charge in [0.25, 0.3) is 0 Å². The van der Waals surface area contributed by atoms with Crippen LogP contribution < -0.4 is 49.2 Å². The number of benzene rings is 12. The summed E-state index contributed by atoms with van der Waals surface area (Å²) in [6.07, 6.45) is 0. The molecule has 3 aromatic heterocycles. The zero-order valence-corrected chi connectivity index (χ0v) is 52.4. The van der Waals surface area contributed by atoms with Gasteiger partial charge in [-0.25, -0.2) is 14.5 Å². The zero-order chi connectivity index (χ0) is 62.7. The molecule has 9 heterocycles. The van der Waals surface area contributed by atoms with E-state index in [1.807, 2.05) is 6.07 Å². The third kappa shape index (κ3) is 6.67. The molecule has 15 aromatic rings. The lowest BCUT2D eigenvalue weighted by molar-refractivity contribution is 0.647. The van der Waals surface area contributed by atoms with Crippen molar-refractivity contribution in [3.63, 3.8) is 0 Å². The standard InChI is InChI=1S/3C28H19BN2/c1-28(2)19-11-5-6-12-20(19)29-21-13-7-9-15-24(21)31-23-14-8-4-10-17(23)18-16-22(30-3)25(28)26(29)27(18)31;1-28(2)18-11-5-6-12-20(18)29-21-13-7-9-15-24(21)31-23-14-8-4-10-17(23)25-22(30-3)16-19(28)26(29)27(25)31;1-28(2)19-16-15-18-17-9-4-6-13-23(17)31-24-14-7-5-10-20(24)29(26(19)27(18)31)21-11-8-12-22(30-3)25(21)28/h3*4-16H,1-2H3. The quantitative estimate of drug-likeness (QED) is 0.107. The third-order valence-electron chi connectivity index (χ3n) is 22.4. The Morgan fingerprint density at radius 1 is 0.290 bits per heavy atom. The van der Waals surface area contributed by atoms with Crippen molar-refractivity contribution < 1.29 is 0 Å². The number of hydrogen-bond donors (Lipinski definition) is 0. The van der Waals surface area contributed by atoms with E-state index in [4.69, 9.17) is 19.7 Å². The summed E-state index contributed by atoms with van der Waals surface area (Å²) in [6, 6.07) is 85.2. The van der Waals surface area contributed by atoms with Crippen molar-refractivity contribution in [2.75, 3.05) is 0 Å². The average molecular weight is 1180 g/mol. The second-order valence-electron chi connectivity index (χ2n) is 27.7. The van der Waals surface area contributed by atoms with Gasteiger partial charge in [0.15, 0.2) is 17.1 Å². The van der Waals surface area contributed by atoms with Gasteiger partial charge in [0.05, 0.1) is 36.3 Å². The minimum atomic E-state index is -0.232. The molecule has 12 aromatic carbocycles. The smallest absolute Gasteiger partial charge is 0.247 e. The Kier molecular flexibility index (Phi) is 10.7. The molecule has 6 nitrogen and oxygen atoms in total. The van der Waals surface area contributed by atoms with E-state index in [2.05, 4.69) is 300 Å². The number of nitrogens with zero attached hydrogens (tertiary/aromatic N) is 6. The SMILES string of the molecule is [C-]#[N+]c1cc2c3c4c1c1ccccc1n4-c1ccccc1B3c1ccccc1C2(C)C.[C-]#[N+]c1cc2c3ccccc3n3c2c2c1C(C)(C)c1ccccc1B2c1ccccc1-3.[C-]#[N+]c1cccc2c1C(C)(C)c1ccc3c4ccccc4n4c3c1B2c1ccccc1-4. The molecule has 0 atom stereocenters. The number of fused-ring (bicyclic) bond motifs is 24. The molecule has 6 aliphatic heterocycles. The maximum absolute atomic E-state index is 8.08. The van der Waals surface area contributed by atoms with E-state index >= 15 is 0 Å². The number of aromatic nitrogens is 3. The highest BCUT2D eigenvalue weighted by atomic mass is 15.0. The lowest BCUT2D eigenvalue weighted by atomic mass is 9.30. The number of para-hydroxylation sites is 6. The molecule has 0 spiro atoms. The Morgan fingerprint density at radius 3 is 1.29 bits per heavy atom. The molecule has 6 aliphatic rings. The van der Waals surface area contributed by atoms with Crippen LogP contribution in [0.4, 0.5) is 17.1 Å². The Balaban J connectivity index is 0.0000000994. The molecule has 432 valence electrons. The van der Waals surface area contributed by atoms with Crippen LogP contribution in [-0.2, 0) is 16.2 Å². The van der Waals surface area contributed by atoms with E-state index in [0.29, 0.717) is 0 Å². The summed E-state index contributed by atoms with van der Waals surface area (Å²) in [5, 5.41) is 7.29. The van der Waals surface area contributed by atoms with Gasteiger partial charge in [0, 0.05) is 71.4 Å². The monoisotopic (exact) mass is 1180 g/mol. The molecule has 0 bridgehead atoms. The summed E-state index contributed by atoms with van der Waals surface area (Å²) >= 11 is 0. The first-order chi connectivity index (χ1) is 45.4. The Bertz CT molecular complexity index is 6060. The predicted octanol–water partition coefficient (Wildman–Crippen LogP) is 14.4. The first-order valence-electron chi connectivity index (χ1n) is 32.4. The van der Waals surface area contributed by atoms with Crippen molar-refractivity contribution in [1.82, 2.24) is 13.7 Å². The molecule has 0 amide bonds. The molecule has 0 radical (unpaired) electrons. The Labute approximate surface area is 541 Å². The lowest BCUT2D eigenvalue weighted by Gasteiger charge is -2.42. The highest BCUT2D eigenvalue weighted by molar-refractivity contribution is 7.00. The molecule has 0 aliphatic carbocycles. The second kappa shape index (κ2) is 18.7. The fourth-order valence-electron chi connectivity index (χ4n) is 18.8. The summed E-state index contributed by atoms with van der Waals surface area (Å²) in [7, 11) is 0. The molecule has 21 rings (SSSR count). The molecule has 0 saturated heterocycles. The van der Waals surface area contributed by atoms with Crippen molar-refractivity contribution in [2.24, 2.45) is 0 Å². The summed E-state index contributed by atoms with van der Waals surface area (Å²) in [6.45, 7) is 38.2. The van der Waals surface area contributed by atoms with Gasteiger partial charge in [-0.1, -0.05) is 263 Å². The molecule has 0 N–H and O–H groups in total. The van der Waals surface area contributed by atoms with E-state index in [-0.39, 0.29) is 36.4 Å². The van der Waals surface area contributed by atoms with E-state index in [9.17, 15) is 0 Å². The van der Waals surface area contributed by atoms with Gasteiger partial charge < -0.3 is 13.7 Å². The average Bonchev–Trinajstić information content (AvgIpc) is 1.65. The topological polar surface area (TPSA) is 27.9 Å². The van der Waals surface area contributed by atoms with Gasteiger partial charge in [-0.05, 0) is 108 Å². The van der Waals surface area contributed by atoms with Crippen molar-refractivity contribution >= 4 is 152 Å². The molecule has 9 heteroatoms. The highest BCUT2D eigenvalue weighted by Crippen LogP contribution is 2.48. The largest absolute Gasteiger partial charge is 0.312 e. The Hall–Kier alpha value is -11.3. The normalized spacial score (nSPS) is 14.9. The van der Waals surface area contributed by atoms with Crippen molar-refractivity contribution in [1.29, 1.82) is 0 Å². The van der Waals surface area contributed by atoms with Gasteiger partial charge in [-0.3, -0.25) is 0 Å². The molecular weight excluding hydrogens is 1130 g/mol. The van der Waals surface area contributed by atoms with Crippen LogP contribution in [0.5, 0.6) is 0 Å². The van der Waals surface area contributed by atoms with Crippen LogP contribution >= 0.6 is 0 Å². The molecule has 0 fully saturated rings. The van der Waals surface area contributed by atoms with Gasteiger partial charge in [0.2, 0.25) is 20.1 Å². The van der Waals surface area contributed by atoms with Crippen LogP contribution in [0.25, 0.3) is 97.0 Å². The summed E-state index contributed by atoms with van der Waals surface area (Å²) < 4.78 is 7.32. The van der Waals surface area contributed by atoms with E-state index in [1.54, 1.807) is 0 Å². The zero-order valence-electron chi connectivity index (χ0n) is 52.4. The second-order valence-corrected chi connectivity index (χ2v) is 27.7. The van der Waals surface area contributed by atoms with E-state index in [0.717, 1.165) is 22.4 Å². The van der Waals surface area contributed by atoms with Gasteiger partial charge >= 0.3 is 0 Å². The van der Waals surface area contributed by atoms with Gasteiger partial charge in [-0.15, -0.1) is 0 Å². The van der Waals surface area contributed by atoms with E-state index < -0.39 is 0 Å². The van der Waals surface area contributed by atoms with Crippen LogP contribution in [-0.4, -0.2) is 33.8 Å². The maximum Gasteiger partial charge on any atom is 0.247 e. The molecular formula is C84H57B3N6. The summed E-state index contributed by atoms with van der Waals surface area (Å²) in [5.41, 5.74) is 32.7. The summed E-state index contributed by atoms with van der Waals surface area (Å²) in [5.74, 6) is 0. The van der Waals surface area contributed by atoms with Crippen molar-refractivity contribution in [3.8, 4) is 17.1 Å². The Morgan fingerprint density at radius 2 is 0.710 bits per heavy atom. The molecule has 93 heavy (non-hydrogen) atoms. The van der Waals surface area contributed by atoms with Crippen LogP contribution in [0.1, 0.15) is 74.9 Å². The lowest BCUT2D eigenvalue weighted by Crippen LogP contribution is -2.63. The fourth-order valence-corrected chi connectivity index (χ4v) is 18.8. The number of hydrogen-bond acceptors (Lipinski definition) is 0. The minimum absolute atomic E-state index is 0.149. The van der Waals surface area contributed by atoms with Gasteiger partial charge in [-0.2, -0.15) is 0 Å². The fraction of sp³-hybridized carbons (Fsp3) is 0.107. The first-order valence-corrected chi connectivity index (χ1v) is 32.4. The van der Waals surface area contributed by atoms with Crippen LogP contribution in [0.15, 0.2) is 237 Å². The molecule has 0 unspecified atom stereocenters. The van der Waals surface area contributed by atoms with E-state index in [1.165, 1.54) is 160 Å². The first kappa shape index (κ1) is 53.5. The molecule has 0 saturated carbocycles. The van der Waals surface area contributed by atoms with Crippen molar-refractivity contribution in [3.05, 3.63) is 304 Å².